The Morgan fingerprint density at radius 2 is 2.38 bits per heavy atom. The van der Waals surface area contributed by atoms with Crippen LogP contribution in [-0.4, -0.2) is 24.2 Å². The second-order valence-corrected chi connectivity index (χ2v) is 5.03. The molecule has 90 valence electrons. The number of aliphatic hydroxyl groups excluding tert-OH is 1. The van der Waals surface area contributed by atoms with Crippen LogP contribution >= 0.6 is 11.3 Å². The zero-order valence-corrected chi connectivity index (χ0v) is 10.6. The molecule has 3 nitrogen and oxygen atoms in total. The maximum absolute atomic E-state index is 11.7. The van der Waals surface area contributed by atoms with E-state index in [-0.39, 0.29) is 12.5 Å². The molecule has 0 bridgehead atoms. The molecule has 0 fully saturated rings. The van der Waals surface area contributed by atoms with E-state index in [2.05, 4.69) is 5.32 Å². The van der Waals surface area contributed by atoms with Gasteiger partial charge in [-0.3, -0.25) is 4.79 Å². The minimum absolute atomic E-state index is 0.0177. The smallest absolute Gasteiger partial charge is 0.261 e. The third-order valence-electron chi connectivity index (χ3n) is 2.54. The quantitative estimate of drug-likeness (QED) is 0.750. The Morgan fingerprint density at radius 3 is 2.94 bits per heavy atom. The van der Waals surface area contributed by atoms with E-state index in [1.165, 1.54) is 11.3 Å². The molecule has 1 amide bonds. The topological polar surface area (TPSA) is 49.3 Å². The molecular weight excluding hydrogens is 222 g/mol. The third-order valence-corrected chi connectivity index (χ3v) is 3.55. The Balaban J connectivity index is 2.24. The van der Waals surface area contributed by atoms with E-state index in [0.717, 1.165) is 23.3 Å². The fourth-order valence-electron chi connectivity index (χ4n) is 1.43. The van der Waals surface area contributed by atoms with Crippen molar-refractivity contribution in [3.63, 3.8) is 0 Å². The maximum atomic E-state index is 11.7. The highest BCUT2D eigenvalue weighted by molar-refractivity contribution is 7.12. The van der Waals surface area contributed by atoms with Gasteiger partial charge in [0, 0.05) is 13.2 Å². The highest BCUT2D eigenvalue weighted by Crippen LogP contribution is 2.15. The summed E-state index contributed by atoms with van der Waals surface area (Å²) in [6.45, 7) is 4.85. The van der Waals surface area contributed by atoms with Gasteiger partial charge in [-0.1, -0.05) is 6.92 Å². The molecule has 0 aliphatic rings. The summed E-state index contributed by atoms with van der Waals surface area (Å²) in [6.07, 6.45) is 1.86. The molecule has 4 heteroatoms. The molecule has 0 spiro atoms. The van der Waals surface area contributed by atoms with Crippen molar-refractivity contribution >= 4 is 17.2 Å². The number of amides is 1. The lowest BCUT2D eigenvalue weighted by Crippen LogP contribution is -2.24. The van der Waals surface area contributed by atoms with E-state index in [9.17, 15) is 4.79 Å². The van der Waals surface area contributed by atoms with Gasteiger partial charge in [0.1, 0.15) is 0 Å². The largest absolute Gasteiger partial charge is 0.396 e. The number of thiophene rings is 1. The lowest BCUT2D eigenvalue weighted by atomic mass is 10.1. The predicted molar refractivity (Wildman–Crippen MR) is 66.9 cm³/mol. The fourth-order valence-corrected chi connectivity index (χ4v) is 2.27. The summed E-state index contributed by atoms with van der Waals surface area (Å²) in [5.74, 6) is 0.338. The molecule has 0 aromatic carbocycles. The maximum Gasteiger partial charge on any atom is 0.261 e. The second-order valence-electron chi connectivity index (χ2n) is 4.12. The monoisotopic (exact) mass is 241 g/mol. The molecule has 1 rings (SSSR count). The van der Waals surface area contributed by atoms with E-state index in [4.69, 9.17) is 5.11 Å². The molecule has 1 unspecified atom stereocenters. The van der Waals surface area contributed by atoms with Crippen LogP contribution in [0.3, 0.4) is 0 Å². The summed E-state index contributed by atoms with van der Waals surface area (Å²) in [5, 5.41) is 13.7. The number of aliphatic hydroxyl groups is 1. The van der Waals surface area contributed by atoms with Gasteiger partial charge in [-0.05, 0) is 42.7 Å². The van der Waals surface area contributed by atoms with Crippen LogP contribution in [0.2, 0.25) is 0 Å². The van der Waals surface area contributed by atoms with Crippen molar-refractivity contribution in [2.45, 2.75) is 26.7 Å². The lowest BCUT2D eigenvalue weighted by molar-refractivity contribution is 0.0955. The van der Waals surface area contributed by atoms with Crippen LogP contribution in [0, 0.1) is 12.8 Å². The van der Waals surface area contributed by atoms with Crippen molar-refractivity contribution in [3.05, 3.63) is 21.9 Å². The van der Waals surface area contributed by atoms with E-state index < -0.39 is 0 Å². The van der Waals surface area contributed by atoms with Gasteiger partial charge in [0.05, 0.1) is 4.88 Å². The predicted octanol–water partition coefficient (Wildman–Crippen LogP) is 2.19. The Morgan fingerprint density at radius 1 is 1.62 bits per heavy atom. The Bertz CT molecular complexity index is 336. The zero-order valence-electron chi connectivity index (χ0n) is 9.82. The van der Waals surface area contributed by atoms with E-state index in [1.807, 2.05) is 25.3 Å². The summed E-state index contributed by atoms with van der Waals surface area (Å²) >= 11 is 1.47. The van der Waals surface area contributed by atoms with Crippen LogP contribution < -0.4 is 5.32 Å². The number of aryl methyl sites for hydroxylation is 1. The molecule has 1 heterocycles. The van der Waals surface area contributed by atoms with Gasteiger partial charge in [0.2, 0.25) is 0 Å². The molecule has 2 N–H and O–H groups in total. The first-order chi connectivity index (χ1) is 7.65. The number of carbonyl (C=O) groups excluding carboxylic acids is 1. The molecule has 1 aromatic rings. The first-order valence-electron chi connectivity index (χ1n) is 5.58. The Labute approximate surface area is 100 Å². The van der Waals surface area contributed by atoms with Crippen molar-refractivity contribution < 1.29 is 9.90 Å². The van der Waals surface area contributed by atoms with E-state index >= 15 is 0 Å². The van der Waals surface area contributed by atoms with Gasteiger partial charge in [-0.25, -0.2) is 0 Å². The van der Waals surface area contributed by atoms with Crippen molar-refractivity contribution in [1.82, 2.24) is 5.32 Å². The highest BCUT2D eigenvalue weighted by atomic mass is 32.1. The van der Waals surface area contributed by atoms with Crippen LogP contribution in [0.25, 0.3) is 0 Å². The summed E-state index contributed by atoms with van der Waals surface area (Å²) in [6, 6.07) is 1.95. The van der Waals surface area contributed by atoms with Crippen LogP contribution in [-0.2, 0) is 0 Å². The number of hydrogen-bond acceptors (Lipinski definition) is 3. The van der Waals surface area contributed by atoms with Crippen molar-refractivity contribution in [1.29, 1.82) is 0 Å². The fraction of sp³-hybridized carbons (Fsp3) is 0.583. The van der Waals surface area contributed by atoms with Gasteiger partial charge >= 0.3 is 0 Å². The van der Waals surface area contributed by atoms with Gasteiger partial charge in [0.25, 0.3) is 5.91 Å². The molecule has 0 aliphatic carbocycles. The van der Waals surface area contributed by atoms with Crippen molar-refractivity contribution in [3.8, 4) is 0 Å². The average Bonchev–Trinajstić information content (AvgIpc) is 2.70. The Kier molecular flexibility index (Phi) is 5.49. The minimum atomic E-state index is 0.0177. The summed E-state index contributed by atoms with van der Waals surface area (Å²) < 4.78 is 0. The van der Waals surface area contributed by atoms with Gasteiger partial charge in [-0.2, -0.15) is 0 Å². The molecule has 16 heavy (non-hydrogen) atoms. The molecule has 1 atom stereocenters. The SMILES string of the molecule is Cc1ccsc1C(=O)NCCCC(C)CO. The number of rotatable bonds is 6. The molecule has 0 saturated carbocycles. The second kappa shape index (κ2) is 6.66. The van der Waals surface area contributed by atoms with Gasteiger partial charge in [-0.15, -0.1) is 11.3 Å². The van der Waals surface area contributed by atoms with Crippen LogP contribution in [0.1, 0.15) is 35.0 Å². The molecule has 0 saturated heterocycles. The highest BCUT2D eigenvalue weighted by Gasteiger charge is 2.09. The van der Waals surface area contributed by atoms with Crippen LogP contribution in [0.4, 0.5) is 0 Å². The lowest BCUT2D eigenvalue weighted by Gasteiger charge is -2.08. The van der Waals surface area contributed by atoms with Gasteiger partial charge in [0.15, 0.2) is 0 Å². The van der Waals surface area contributed by atoms with Crippen LogP contribution in [0.5, 0.6) is 0 Å². The first kappa shape index (κ1) is 13.2. The standard InChI is InChI=1S/C12H19NO2S/c1-9(8-14)4-3-6-13-12(15)11-10(2)5-7-16-11/h5,7,9,14H,3-4,6,8H2,1-2H3,(H,13,15). The summed E-state index contributed by atoms with van der Waals surface area (Å²) in [7, 11) is 0. The average molecular weight is 241 g/mol. The first-order valence-corrected chi connectivity index (χ1v) is 6.46. The van der Waals surface area contributed by atoms with E-state index in [1.54, 1.807) is 0 Å². The number of nitrogens with one attached hydrogen (secondary N) is 1. The number of carbonyl (C=O) groups is 1. The van der Waals surface area contributed by atoms with Gasteiger partial charge < -0.3 is 10.4 Å². The Hall–Kier alpha value is -0.870. The van der Waals surface area contributed by atoms with Crippen molar-refractivity contribution in [2.75, 3.05) is 13.2 Å². The normalized spacial score (nSPS) is 12.4. The van der Waals surface area contributed by atoms with E-state index in [0.29, 0.717) is 12.5 Å². The van der Waals surface area contributed by atoms with Crippen molar-refractivity contribution in [2.24, 2.45) is 5.92 Å². The minimum Gasteiger partial charge on any atom is -0.396 e. The third kappa shape index (κ3) is 3.94. The zero-order chi connectivity index (χ0) is 12.0. The molecular formula is C12H19NO2S. The number of hydrogen-bond donors (Lipinski definition) is 2. The molecule has 1 aromatic heterocycles. The van der Waals surface area contributed by atoms with Crippen LogP contribution in [0.15, 0.2) is 11.4 Å². The molecule has 0 aliphatic heterocycles. The summed E-state index contributed by atoms with van der Waals surface area (Å²) in [5.41, 5.74) is 1.03. The summed E-state index contributed by atoms with van der Waals surface area (Å²) in [4.78, 5) is 12.5. The molecule has 0 radical (unpaired) electrons.